The maximum absolute atomic E-state index is 2.40. The molecule has 0 unspecified atom stereocenters. The minimum atomic E-state index is 1.29. The van der Waals surface area contributed by atoms with Gasteiger partial charge in [0.25, 0.3) is 0 Å². The third-order valence-corrected chi connectivity index (χ3v) is 4.25. The van der Waals surface area contributed by atoms with Gasteiger partial charge in [-0.3, -0.25) is 0 Å². The van der Waals surface area contributed by atoms with E-state index >= 15 is 0 Å². The van der Waals surface area contributed by atoms with Gasteiger partial charge in [0.05, 0.1) is 0 Å². The van der Waals surface area contributed by atoms with Crippen LogP contribution in [0.4, 0.5) is 0 Å². The molecule has 2 aromatic carbocycles. The fourth-order valence-corrected chi connectivity index (χ4v) is 2.05. The topological polar surface area (TPSA) is 0 Å². The molecular weight excluding hydrogens is 295 g/mol. The third kappa shape index (κ3) is 2.23. The first-order valence-electron chi connectivity index (χ1n) is 5.00. The van der Waals surface area contributed by atoms with Gasteiger partial charge >= 0.3 is 0 Å². The quantitative estimate of drug-likeness (QED) is 0.677. The number of rotatable bonds is 1. The van der Waals surface area contributed by atoms with Crippen LogP contribution in [0.2, 0.25) is 0 Å². The summed E-state index contributed by atoms with van der Waals surface area (Å²) in [6.07, 6.45) is 0. The van der Waals surface area contributed by atoms with E-state index in [0.29, 0.717) is 0 Å². The predicted molar refractivity (Wildman–Crippen MR) is 74.1 cm³/mol. The van der Waals surface area contributed by atoms with Crippen molar-refractivity contribution >= 4 is 22.6 Å². The van der Waals surface area contributed by atoms with Gasteiger partial charge < -0.3 is 0 Å². The minimum Gasteiger partial charge on any atom is -0.0622 e. The van der Waals surface area contributed by atoms with Gasteiger partial charge in [0.15, 0.2) is 0 Å². The van der Waals surface area contributed by atoms with Crippen LogP contribution in [0.25, 0.3) is 11.1 Å². The Labute approximate surface area is 104 Å². The van der Waals surface area contributed by atoms with Gasteiger partial charge in [-0.05, 0) is 58.7 Å². The molecule has 0 radical (unpaired) electrons. The van der Waals surface area contributed by atoms with E-state index < -0.39 is 0 Å². The Hall–Kier alpha value is -0.830. The number of benzene rings is 2. The highest BCUT2D eigenvalue weighted by atomic mass is 127. The van der Waals surface area contributed by atoms with Crippen molar-refractivity contribution in [1.82, 2.24) is 0 Å². The molecule has 76 valence electrons. The second-order valence-corrected chi connectivity index (χ2v) is 4.87. The largest absolute Gasteiger partial charge is 0.0622 e. The summed E-state index contributed by atoms with van der Waals surface area (Å²) in [4.78, 5) is 0. The van der Waals surface area contributed by atoms with Crippen LogP contribution in [0.1, 0.15) is 11.1 Å². The highest BCUT2D eigenvalue weighted by Gasteiger charge is 2.03. The molecule has 0 aliphatic rings. The molecule has 0 nitrogen and oxygen atoms in total. The molecule has 0 spiro atoms. The number of aryl methyl sites for hydroxylation is 2. The number of hydrogen-bond acceptors (Lipinski definition) is 0. The summed E-state index contributed by atoms with van der Waals surface area (Å²) in [7, 11) is 0. The highest BCUT2D eigenvalue weighted by Crippen LogP contribution is 2.25. The Bertz CT molecular complexity index is 449. The summed E-state index contributed by atoms with van der Waals surface area (Å²) in [6.45, 7) is 4.34. The molecule has 1 heteroatoms. The smallest absolute Gasteiger partial charge is 0.0189 e. The normalized spacial score (nSPS) is 10.3. The van der Waals surface area contributed by atoms with Gasteiger partial charge in [0, 0.05) is 3.57 Å². The molecule has 2 rings (SSSR count). The second-order valence-electron chi connectivity index (χ2n) is 3.79. The van der Waals surface area contributed by atoms with Crippen LogP contribution >= 0.6 is 22.6 Å². The van der Waals surface area contributed by atoms with E-state index in [4.69, 9.17) is 0 Å². The molecule has 0 heterocycles. The fourth-order valence-electron chi connectivity index (χ4n) is 1.74. The van der Waals surface area contributed by atoms with Crippen molar-refractivity contribution in [3.63, 3.8) is 0 Å². The van der Waals surface area contributed by atoms with Crippen LogP contribution in [0.5, 0.6) is 0 Å². The van der Waals surface area contributed by atoms with Gasteiger partial charge in [0.1, 0.15) is 0 Å². The Balaban J connectivity index is 2.56. The van der Waals surface area contributed by atoms with Crippen molar-refractivity contribution in [2.24, 2.45) is 0 Å². The van der Waals surface area contributed by atoms with Gasteiger partial charge in [0.2, 0.25) is 0 Å². The predicted octanol–water partition coefficient (Wildman–Crippen LogP) is 4.58. The van der Waals surface area contributed by atoms with Crippen LogP contribution in [-0.2, 0) is 0 Å². The van der Waals surface area contributed by atoms with Crippen molar-refractivity contribution < 1.29 is 0 Å². The fraction of sp³-hybridized carbons (Fsp3) is 0.143. The van der Waals surface area contributed by atoms with Crippen molar-refractivity contribution in [2.45, 2.75) is 13.8 Å². The summed E-state index contributed by atoms with van der Waals surface area (Å²) in [5.74, 6) is 0. The summed E-state index contributed by atoms with van der Waals surface area (Å²) in [6, 6.07) is 15.0. The Morgan fingerprint density at radius 2 is 1.33 bits per heavy atom. The molecule has 0 saturated carbocycles. The summed E-state index contributed by atoms with van der Waals surface area (Å²) in [5, 5.41) is 0. The first kappa shape index (κ1) is 10.7. The third-order valence-electron chi connectivity index (χ3n) is 2.54. The summed E-state index contributed by atoms with van der Waals surface area (Å²) >= 11 is 2.40. The molecule has 0 bridgehead atoms. The molecule has 0 fully saturated rings. The van der Waals surface area contributed by atoms with Crippen LogP contribution < -0.4 is 0 Å². The molecular formula is C14H13I. The van der Waals surface area contributed by atoms with E-state index in [1.165, 1.54) is 25.8 Å². The molecule has 0 saturated heterocycles. The number of hydrogen-bond donors (Lipinski definition) is 0. The average molecular weight is 308 g/mol. The van der Waals surface area contributed by atoms with E-state index in [9.17, 15) is 0 Å². The van der Waals surface area contributed by atoms with Crippen LogP contribution in [0.15, 0.2) is 42.5 Å². The first-order valence-corrected chi connectivity index (χ1v) is 6.08. The van der Waals surface area contributed by atoms with Gasteiger partial charge in [-0.1, -0.05) is 42.5 Å². The summed E-state index contributed by atoms with van der Waals surface area (Å²) in [5.41, 5.74) is 5.31. The molecule has 2 aromatic rings. The average Bonchev–Trinajstić information content (AvgIpc) is 2.26. The van der Waals surface area contributed by atoms with Crippen LogP contribution in [-0.4, -0.2) is 0 Å². The van der Waals surface area contributed by atoms with Gasteiger partial charge in [-0.2, -0.15) is 0 Å². The number of halogens is 1. The van der Waals surface area contributed by atoms with E-state index in [-0.39, 0.29) is 0 Å². The van der Waals surface area contributed by atoms with Crippen LogP contribution in [0.3, 0.4) is 0 Å². The molecule has 0 atom stereocenters. The lowest BCUT2D eigenvalue weighted by Crippen LogP contribution is -1.88. The van der Waals surface area contributed by atoms with E-state index in [1.54, 1.807) is 0 Å². The minimum absolute atomic E-state index is 1.29. The Kier molecular flexibility index (Phi) is 3.10. The summed E-state index contributed by atoms with van der Waals surface area (Å²) < 4.78 is 1.37. The Morgan fingerprint density at radius 1 is 0.800 bits per heavy atom. The van der Waals surface area contributed by atoms with Gasteiger partial charge in [-0.15, -0.1) is 0 Å². The van der Waals surface area contributed by atoms with Crippen molar-refractivity contribution in [1.29, 1.82) is 0 Å². The SMILES string of the molecule is Cc1cc(-c2ccccc2)cc(C)c1I. The van der Waals surface area contributed by atoms with Crippen molar-refractivity contribution in [3.8, 4) is 11.1 Å². The molecule has 15 heavy (non-hydrogen) atoms. The maximum atomic E-state index is 2.40. The van der Waals surface area contributed by atoms with Crippen molar-refractivity contribution in [3.05, 3.63) is 57.2 Å². The van der Waals surface area contributed by atoms with E-state index in [0.717, 1.165) is 0 Å². The van der Waals surface area contributed by atoms with E-state index in [2.05, 4.69) is 78.9 Å². The van der Waals surface area contributed by atoms with Gasteiger partial charge in [-0.25, -0.2) is 0 Å². The molecule has 0 aliphatic heterocycles. The zero-order valence-electron chi connectivity index (χ0n) is 8.92. The van der Waals surface area contributed by atoms with Crippen molar-refractivity contribution in [2.75, 3.05) is 0 Å². The highest BCUT2D eigenvalue weighted by molar-refractivity contribution is 14.1. The first-order chi connectivity index (χ1) is 7.18. The maximum Gasteiger partial charge on any atom is 0.0189 e. The van der Waals surface area contributed by atoms with Crippen LogP contribution in [0, 0.1) is 17.4 Å². The van der Waals surface area contributed by atoms with E-state index in [1.807, 2.05) is 0 Å². The molecule has 0 aromatic heterocycles. The monoisotopic (exact) mass is 308 g/mol. The Morgan fingerprint density at radius 3 is 1.87 bits per heavy atom. The standard InChI is InChI=1S/C14H13I/c1-10-8-13(9-11(2)14(10)15)12-6-4-3-5-7-12/h3-9H,1-2H3. The lowest BCUT2D eigenvalue weighted by Gasteiger charge is -2.08. The lowest BCUT2D eigenvalue weighted by atomic mass is 10.0. The zero-order chi connectivity index (χ0) is 10.8. The molecule has 0 amide bonds. The second kappa shape index (κ2) is 4.35. The molecule has 0 aliphatic carbocycles. The molecule has 0 N–H and O–H groups in total. The zero-order valence-corrected chi connectivity index (χ0v) is 11.1. The lowest BCUT2D eigenvalue weighted by molar-refractivity contribution is 1.34.